The summed E-state index contributed by atoms with van der Waals surface area (Å²) in [6.07, 6.45) is 1.91. The SMILES string of the molecule is C[C@@H]1CNCCN1C(=O)CN1C(=O)NC(C)(C2CC2)C1=O.Cl. The lowest BCUT2D eigenvalue weighted by molar-refractivity contribution is -0.140. The van der Waals surface area contributed by atoms with Crippen LogP contribution in [0.15, 0.2) is 0 Å². The maximum atomic E-state index is 12.5. The second kappa shape index (κ2) is 6.04. The van der Waals surface area contributed by atoms with Gasteiger partial charge in [0.25, 0.3) is 5.91 Å². The minimum Gasteiger partial charge on any atom is -0.336 e. The highest BCUT2D eigenvalue weighted by Crippen LogP contribution is 2.42. The Morgan fingerprint density at radius 2 is 2.05 bits per heavy atom. The molecule has 0 aromatic carbocycles. The topological polar surface area (TPSA) is 81.8 Å². The number of carbonyl (C=O) groups excluding carboxylic acids is 3. The number of urea groups is 1. The zero-order valence-electron chi connectivity index (χ0n) is 12.9. The molecule has 2 heterocycles. The molecule has 2 saturated heterocycles. The first-order valence-electron chi connectivity index (χ1n) is 7.58. The number of carbonyl (C=O) groups is 3. The molecular formula is C14H23ClN4O3. The highest BCUT2D eigenvalue weighted by atomic mass is 35.5. The summed E-state index contributed by atoms with van der Waals surface area (Å²) in [5, 5.41) is 5.98. The van der Waals surface area contributed by atoms with Gasteiger partial charge < -0.3 is 15.5 Å². The van der Waals surface area contributed by atoms with Crippen LogP contribution in [0.3, 0.4) is 0 Å². The van der Waals surface area contributed by atoms with Crippen LogP contribution in [0, 0.1) is 5.92 Å². The Hall–Kier alpha value is -1.34. The molecular weight excluding hydrogens is 308 g/mol. The molecule has 0 aromatic heterocycles. The molecule has 4 amide bonds. The van der Waals surface area contributed by atoms with Crippen molar-refractivity contribution < 1.29 is 14.4 Å². The lowest BCUT2D eigenvalue weighted by Gasteiger charge is -2.34. The molecule has 7 nitrogen and oxygen atoms in total. The standard InChI is InChI=1S/C14H22N4O3.ClH/c1-9-7-15-5-6-17(9)11(19)8-18-12(20)14(2,10-3-4-10)16-13(18)21;/h9-10,15H,3-8H2,1-2H3,(H,16,21);1H/t9-,14?;/m1./s1. The number of nitrogens with one attached hydrogen (secondary N) is 2. The third kappa shape index (κ3) is 2.79. The van der Waals surface area contributed by atoms with Crippen molar-refractivity contribution >= 4 is 30.3 Å². The van der Waals surface area contributed by atoms with Crippen LogP contribution in [0.25, 0.3) is 0 Å². The fourth-order valence-electron chi connectivity index (χ4n) is 3.23. The maximum absolute atomic E-state index is 12.5. The Labute approximate surface area is 136 Å². The smallest absolute Gasteiger partial charge is 0.325 e. The van der Waals surface area contributed by atoms with Crippen molar-refractivity contribution in [2.45, 2.75) is 38.3 Å². The lowest BCUT2D eigenvalue weighted by Crippen LogP contribution is -2.55. The quantitative estimate of drug-likeness (QED) is 0.711. The number of rotatable bonds is 3. The highest BCUT2D eigenvalue weighted by molar-refractivity contribution is 6.09. The first-order valence-corrected chi connectivity index (χ1v) is 7.58. The van der Waals surface area contributed by atoms with Crippen LogP contribution in [0.5, 0.6) is 0 Å². The number of hydrogen-bond donors (Lipinski definition) is 2. The molecule has 0 bridgehead atoms. The molecule has 3 fully saturated rings. The zero-order chi connectivity index (χ0) is 15.2. The van der Waals surface area contributed by atoms with Crippen molar-refractivity contribution in [2.75, 3.05) is 26.2 Å². The van der Waals surface area contributed by atoms with E-state index in [-0.39, 0.29) is 42.7 Å². The first kappa shape index (κ1) is 17.0. The second-order valence-electron chi connectivity index (χ2n) is 6.44. The number of piperazine rings is 1. The monoisotopic (exact) mass is 330 g/mol. The van der Waals surface area contributed by atoms with Gasteiger partial charge in [-0.15, -0.1) is 12.4 Å². The molecule has 0 spiro atoms. The Balaban J connectivity index is 0.00000176. The number of amides is 4. The fraction of sp³-hybridized carbons (Fsp3) is 0.786. The van der Waals surface area contributed by atoms with E-state index in [1.807, 2.05) is 6.92 Å². The summed E-state index contributed by atoms with van der Waals surface area (Å²) in [4.78, 5) is 39.7. The summed E-state index contributed by atoms with van der Waals surface area (Å²) >= 11 is 0. The van der Waals surface area contributed by atoms with E-state index in [0.29, 0.717) is 6.54 Å². The van der Waals surface area contributed by atoms with Gasteiger partial charge in [-0.1, -0.05) is 0 Å². The average molecular weight is 331 g/mol. The van der Waals surface area contributed by atoms with E-state index in [2.05, 4.69) is 10.6 Å². The fourth-order valence-corrected chi connectivity index (χ4v) is 3.23. The van der Waals surface area contributed by atoms with E-state index in [9.17, 15) is 14.4 Å². The molecule has 0 aromatic rings. The van der Waals surface area contributed by atoms with Crippen LogP contribution < -0.4 is 10.6 Å². The van der Waals surface area contributed by atoms with E-state index in [4.69, 9.17) is 0 Å². The zero-order valence-corrected chi connectivity index (χ0v) is 13.7. The average Bonchev–Trinajstić information content (AvgIpc) is 3.25. The summed E-state index contributed by atoms with van der Waals surface area (Å²) in [7, 11) is 0. The van der Waals surface area contributed by atoms with Crippen molar-refractivity contribution in [2.24, 2.45) is 5.92 Å². The Morgan fingerprint density at radius 1 is 1.36 bits per heavy atom. The Bertz CT molecular complexity index is 496. The summed E-state index contributed by atoms with van der Waals surface area (Å²) < 4.78 is 0. The molecule has 22 heavy (non-hydrogen) atoms. The number of hydrogen-bond acceptors (Lipinski definition) is 4. The van der Waals surface area contributed by atoms with E-state index in [1.165, 1.54) is 0 Å². The van der Waals surface area contributed by atoms with E-state index in [1.54, 1.807) is 11.8 Å². The minimum atomic E-state index is -0.813. The third-order valence-electron chi connectivity index (χ3n) is 4.81. The van der Waals surface area contributed by atoms with E-state index < -0.39 is 11.6 Å². The predicted molar refractivity (Wildman–Crippen MR) is 82.7 cm³/mol. The first-order chi connectivity index (χ1) is 9.93. The van der Waals surface area contributed by atoms with Gasteiger partial charge in [-0.25, -0.2) is 4.79 Å². The molecule has 124 valence electrons. The van der Waals surface area contributed by atoms with Gasteiger partial charge in [0.2, 0.25) is 5.91 Å². The van der Waals surface area contributed by atoms with Crippen molar-refractivity contribution in [1.82, 2.24) is 20.4 Å². The van der Waals surface area contributed by atoms with Gasteiger partial charge in [0.15, 0.2) is 0 Å². The van der Waals surface area contributed by atoms with Crippen LogP contribution in [-0.2, 0) is 9.59 Å². The van der Waals surface area contributed by atoms with Gasteiger partial charge in [0.1, 0.15) is 12.1 Å². The Kier molecular flexibility index (Phi) is 4.67. The van der Waals surface area contributed by atoms with Crippen LogP contribution in [-0.4, -0.2) is 65.4 Å². The van der Waals surface area contributed by atoms with Crippen LogP contribution in [0.2, 0.25) is 0 Å². The van der Waals surface area contributed by atoms with Gasteiger partial charge in [0, 0.05) is 25.7 Å². The van der Waals surface area contributed by atoms with Crippen molar-refractivity contribution in [1.29, 1.82) is 0 Å². The molecule has 2 aliphatic heterocycles. The maximum Gasteiger partial charge on any atom is 0.325 e. The molecule has 8 heteroatoms. The van der Waals surface area contributed by atoms with Gasteiger partial charge >= 0.3 is 6.03 Å². The molecule has 2 atom stereocenters. The summed E-state index contributed by atoms with van der Waals surface area (Å²) in [5.74, 6) is -0.203. The molecule has 3 aliphatic rings. The molecule has 3 rings (SSSR count). The van der Waals surface area contributed by atoms with Crippen LogP contribution in [0.1, 0.15) is 26.7 Å². The molecule has 1 unspecified atom stereocenters. The molecule has 2 N–H and O–H groups in total. The third-order valence-corrected chi connectivity index (χ3v) is 4.81. The van der Waals surface area contributed by atoms with Crippen molar-refractivity contribution in [3.05, 3.63) is 0 Å². The highest BCUT2D eigenvalue weighted by Gasteiger charge is 2.56. The lowest BCUT2D eigenvalue weighted by atomic mass is 9.96. The van der Waals surface area contributed by atoms with Crippen LogP contribution >= 0.6 is 12.4 Å². The molecule has 1 saturated carbocycles. The van der Waals surface area contributed by atoms with E-state index in [0.717, 1.165) is 30.8 Å². The summed E-state index contributed by atoms with van der Waals surface area (Å²) in [5.41, 5.74) is -0.813. The van der Waals surface area contributed by atoms with Gasteiger partial charge in [0.05, 0.1) is 0 Å². The summed E-state index contributed by atoms with van der Waals surface area (Å²) in [6, 6.07) is -0.354. The largest absolute Gasteiger partial charge is 0.336 e. The number of halogens is 1. The van der Waals surface area contributed by atoms with Gasteiger partial charge in [-0.05, 0) is 32.6 Å². The Morgan fingerprint density at radius 3 is 2.64 bits per heavy atom. The normalized spacial score (nSPS) is 31.8. The van der Waals surface area contributed by atoms with Crippen LogP contribution in [0.4, 0.5) is 4.79 Å². The molecule has 0 radical (unpaired) electrons. The van der Waals surface area contributed by atoms with Crippen molar-refractivity contribution in [3.63, 3.8) is 0 Å². The van der Waals surface area contributed by atoms with Crippen molar-refractivity contribution in [3.8, 4) is 0 Å². The minimum absolute atomic E-state index is 0. The summed E-state index contributed by atoms with van der Waals surface area (Å²) in [6.45, 7) is 5.68. The van der Waals surface area contributed by atoms with Gasteiger partial charge in [-0.2, -0.15) is 0 Å². The number of imide groups is 1. The number of nitrogens with zero attached hydrogens (tertiary/aromatic N) is 2. The second-order valence-corrected chi connectivity index (χ2v) is 6.44. The van der Waals surface area contributed by atoms with Gasteiger partial charge in [-0.3, -0.25) is 14.5 Å². The van der Waals surface area contributed by atoms with E-state index >= 15 is 0 Å². The predicted octanol–water partition coefficient (Wildman–Crippen LogP) is -0.0510. The molecule has 1 aliphatic carbocycles.